The molecule has 0 saturated carbocycles. The van der Waals surface area contributed by atoms with E-state index in [2.05, 4.69) is 0 Å². The van der Waals surface area contributed by atoms with E-state index in [0.29, 0.717) is 30.2 Å². The van der Waals surface area contributed by atoms with Crippen LogP contribution in [0.25, 0.3) is 0 Å². The zero-order valence-electron chi connectivity index (χ0n) is 13.5. The molecule has 0 aliphatic carbocycles. The van der Waals surface area contributed by atoms with Crippen LogP contribution in [-0.2, 0) is 9.53 Å². The molecule has 7 heteroatoms. The first-order valence-electron chi connectivity index (χ1n) is 7.31. The number of morpholine rings is 1. The SMILES string of the molecule is COc1cc(C(=O)N2CCOC(CC(=O)O)C2)cc(OC)c1C. The van der Waals surface area contributed by atoms with E-state index in [9.17, 15) is 9.59 Å². The fraction of sp³-hybridized carbons (Fsp3) is 0.500. The molecule has 1 aliphatic heterocycles. The van der Waals surface area contributed by atoms with E-state index in [1.807, 2.05) is 6.92 Å². The number of carboxylic acid groups (broad SMARTS) is 1. The summed E-state index contributed by atoms with van der Waals surface area (Å²) in [5, 5.41) is 8.86. The Labute approximate surface area is 134 Å². The molecule has 2 rings (SSSR count). The van der Waals surface area contributed by atoms with Crippen LogP contribution in [-0.4, -0.2) is 61.9 Å². The molecular weight excluding hydrogens is 302 g/mol. The zero-order valence-corrected chi connectivity index (χ0v) is 13.5. The van der Waals surface area contributed by atoms with Gasteiger partial charge in [-0.15, -0.1) is 0 Å². The minimum absolute atomic E-state index is 0.121. The minimum atomic E-state index is -0.942. The summed E-state index contributed by atoms with van der Waals surface area (Å²) in [5.41, 5.74) is 1.26. The summed E-state index contributed by atoms with van der Waals surface area (Å²) in [4.78, 5) is 25.1. The second-order valence-corrected chi connectivity index (χ2v) is 5.35. The van der Waals surface area contributed by atoms with Crippen molar-refractivity contribution in [1.82, 2.24) is 4.90 Å². The summed E-state index contributed by atoms with van der Waals surface area (Å²) < 4.78 is 16.0. The van der Waals surface area contributed by atoms with Crippen molar-refractivity contribution in [3.05, 3.63) is 23.3 Å². The Morgan fingerprint density at radius 2 is 1.91 bits per heavy atom. The van der Waals surface area contributed by atoms with E-state index in [0.717, 1.165) is 5.56 Å². The molecule has 1 amide bonds. The molecule has 1 aliphatic rings. The van der Waals surface area contributed by atoms with Crippen molar-refractivity contribution >= 4 is 11.9 Å². The lowest BCUT2D eigenvalue weighted by Gasteiger charge is -2.32. The van der Waals surface area contributed by atoms with Crippen molar-refractivity contribution in [2.75, 3.05) is 33.9 Å². The van der Waals surface area contributed by atoms with Gasteiger partial charge in [0.05, 0.1) is 33.4 Å². The summed E-state index contributed by atoms with van der Waals surface area (Å²) in [5.74, 6) is 0.00866. The van der Waals surface area contributed by atoms with E-state index in [-0.39, 0.29) is 18.9 Å². The van der Waals surface area contributed by atoms with Crippen LogP contribution in [0.2, 0.25) is 0 Å². The first-order chi connectivity index (χ1) is 11.0. The van der Waals surface area contributed by atoms with Crippen LogP contribution in [0.1, 0.15) is 22.3 Å². The molecular formula is C16H21NO6. The number of ether oxygens (including phenoxy) is 3. The third-order valence-electron chi connectivity index (χ3n) is 3.83. The average molecular weight is 323 g/mol. The Bertz CT molecular complexity index is 575. The molecule has 1 aromatic rings. The van der Waals surface area contributed by atoms with Gasteiger partial charge < -0.3 is 24.2 Å². The number of carbonyl (C=O) groups excluding carboxylic acids is 1. The molecule has 1 aromatic carbocycles. The molecule has 0 aromatic heterocycles. The van der Waals surface area contributed by atoms with Crippen LogP contribution >= 0.6 is 0 Å². The number of methoxy groups -OCH3 is 2. The molecule has 0 radical (unpaired) electrons. The van der Waals surface area contributed by atoms with E-state index in [1.54, 1.807) is 17.0 Å². The van der Waals surface area contributed by atoms with E-state index in [1.165, 1.54) is 14.2 Å². The van der Waals surface area contributed by atoms with Crippen molar-refractivity contribution in [3.63, 3.8) is 0 Å². The highest BCUT2D eigenvalue weighted by molar-refractivity contribution is 5.95. The number of carboxylic acids is 1. The Balaban J connectivity index is 2.21. The van der Waals surface area contributed by atoms with Gasteiger partial charge in [0, 0.05) is 24.2 Å². The molecule has 126 valence electrons. The van der Waals surface area contributed by atoms with Crippen molar-refractivity contribution in [3.8, 4) is 11.5 Å². The summed E-state index contributed by atoms with van der Waals surface area (Å²) in [7, 11) is 3.07. The predicted molar refractivity (Wildman–Crippen MR) is 82.2 cm³/mol. The van der Waals surface area contributed by atoms with Crippen molar-refractivity contribution < 1.29 is 28.9 Å². The lowest BCUT2D eigenvalue weighted by Crippen LogP contribution is -2.46. The van der Waals surface area contributed by atoms with Gasteiger partial charge in [-0.1, -0.05) is 0 Å². The van der Waals surface area contributed by atoms with Gasteiger partial charge >= 0.3 is 5.97 Å². The molecule has 7 nitrogen and oxygen atoms in total. The summed E-state index contributed by atoms with van der Waals surface area (Å²) in [6.07, 6.45) is -0.607. The molecule has 1 unspecified atom stereocenters. The van der Waals surface area contributed by atoms with E-state index in [4.69, 9.17) is 19.3 Å². The fourth-order valence-electron chi connectivity index (χ4n) is 2.61. The minimum Gasteiger partial charge on any atom is -0.496 e. The Morgan fingerprint density at radius 3 is 2.43 bits per heavy atom. The van der Waals surface area contributed by atoms with Crippen LogP contribution < -0.4 is 9.47 Å². The number of hydrogen-bond donors (Lipinski definition) is 1. The number of hydrogen-bond acceptors (Lipinski definition) is 5. The van der Waals surface area contributed by atoms with Gasteiger partial charge in [-0.2, -0.15) is 0 Å². The Hall–Kier alpha value is -2.28. The molecule has 1 atom stereocenters. The topological polar surface area (TPSA) is 85.3 Å². The maximum absolute atomic E-state index is 12.7. The number of aliphatic carboxylic acids is 1. The molecule has 1 N–H and O–H groups in total. The number of rotatable bonds is 5. The van der Waals surface area contributed by atoms with Gasteiger partial charge in [0.15, 0.2) is 0 Å². The number of nitrogens with zero attached hydrogens (tertiary/aromatic N) is 1. The fourth-order valence-corrected chi connectivity index (χ4v) is 2.61. The maximum atomic E-state index is 12.7. The molecule has 0 spiro atoms. The van der Waals surface area contributed by atoms with Crippen LogP contribution in [0.4, 0.5) is 0 Å². The third-order valence-corrected chi connectivity index (χ3v) is 3.83. The van der Waals surface area contributed by atoms with E-state index < -0.39 is 12.1 Å². The predicted octanol–water partition coefficient (Wildman–Crippen LogP) is 1.33. The van der Waals surface area contributed by atoms with Gasteiger partial charge in [0.2, 0.25) is 0 Å². The largest absolute Gasteiger partial charge is 0.496 e. The maximum Gasteiger partial charge on any atom is 0.306 e. The highest BCUT2D eigenvalue weighted by atomic mass is 16.5. The molecule has 23 heavy (non-hydrogen) atoms. The summed E-state index contributed by atoms with van der Waals surface area (Å²) >= 11 is 0. The monoisotopic (exact) mass is 323 g/mol. The second-order valence-electron chi connectivity index (χ2n) is 5.35. The Morgan fingerprint density at radius 1 is 1.30 bits per heavy atom. The summed E-state index contributed by atoms with van der Waals surface area (Å²) in [6, 6.07) is 3.34. The number of amides is 1. The van der Waals surface area contributed by atoms with Gasteiger partial charge in [0.25, 0.3) is 5.91 Å². The van der Waals surface area contributed by atoms with Crippen LogP contribution in [0.5, 0.6) is 11.5 Å². The number of benzene rings is 1. The first-order valence-corrected chi connectivity index (χ1v) is 7.31. The van der Waals surface area contributed by atoms with Gasteiger partial charge in [-0.3, -0.25) is 9.59 Å². The van der Waals surface area contributed by atoms with Crippen LogP contribution in [0.15, 0.2) is 12.1 Å². The third kappa shape index (κ3) is 3.92. The van der Waals surface area contributed by atoms with Gasteiger partial charge in [0.1, 0.15) is 11.5 Å². The molecule has 1 saturated heterocycles. The lowest BCUT2D eigenvalue weighted by atomic mass is 10.1. The molecule has 1 fully saturated rings. The Kier molecular flexibility index (Phi) is 5.44. The van der Waals surface area contributed by atoms with Crippen LogP contribution in [0, 0.1) is 6.92 Å². The normalized spacial score (nSPS) is 17.7. The zero-order chi connectivity index (χ0) is 17.0. The van der Waals surface area contributed by atoms with E-state index >= 15 is 0 Å². The standard InChI is InChI=1S/C16H21NO6/c1-10-13(21-2)6-11(7-14(10)22-3)16(20)17-4-5-23-12(9-17)8-15(18)19/h6-7,12H,4-5,8-9H2,1-3H3,(H,18,19). The quantitative estimate of drug-likeness (QED) is 0.880. The van der Waals surface area contributed by atoms with Crippen molar-refractivity contribution in [1.29, 1.82) is 0 Å². The first kappa shape index (κ1) is 17.1. The van der Waals surface area contributed by atoms with Gasteiger partial charge in [-0.25, -0.2) is 0 Å². The van der Waals surface area contributed by atoms with Crippen molar-refractivity contribution in [2.24, 2.45) is 0 Å². The lowest BCUT2D eigenvalue weighted by molar-refractivity contribution is -0.141. The highest BCUT2D eigenvalue weighted by Gasteiger charge is 2.27. The average Bonchev–Trinajstić information content (AvgIpc) is 2.54. The van der Waals surface area contributed by atoms with Crippen LogP contribution in [0.3, 0.4) is 0 Å². The second kappa shape index (κ2) is 7.32. The van der Waals surface area contributed by atoms with Crippen molar-refractivity contribution in [2.45, 2.75) is 19.4 Å². The number of carbonyl (C=O) groups is 2. The summed E-state index contributed by atoms with van der Waals surface area (Å²) in [6.45, 7) is 2.85. The highest BCUT2D eigenvalue weighted by Crippen LogP contribution is 2.30. The van der Waals surface area contributed by atoms with Gasteiger partial charge in [-0.05, 0) is 19.1 Å². The smallest absolute Gasteiger partial charge is 0.306 e. The molecule has 1 heterocycles. The molecule has 0 bridgehead atoms.